The van der Waals surface area contributed by atoms with Crippen LogP contribution in [0.3, 0.4) is 0 Å². The summed E-state index contributed by atoms with van der Waals surface area (Å²) in [6.45, 7) is 12.5. The lowest BCUT2D eigenvalue weighted by Crippen LogP contribution is -2.48. The predicted molar refractivity (Wildman–Crippen MR) is 85.2 cm³/mol. The van der Waals surface area contributed by atoms with Crippen LogP contribution in [0.2, 0.25) is 0 Å². The minimum absolute atomic E-state index is 0.0288. The van der Waals surface area contributed by atoms with Gasteiger partial charge in [-0.2, -0.15) is 0 Å². The molecule has 1 aliphatic rings. The van der Waals surface area contributed by atoms with Gasteiger partial charge in [0.25, 0.3) is 0 Å². The van der Waals surface area contributed by atoms with Gasteiger partial charge in [-0.3, -0.25) is 4.79 Å². The summed E-state index contributed by atoms with van der Waals surface area (Å²) < 4.78 is 0. The van der Waals surface area contributed by atoms with Gasteiger partial charge in [0.15, 0.2) is 0 Å². The molecule has 21 heavy (non-hydrogen) atoms. The Morgan fingerprint density at radius 1 is 1.29 bits per heavy atom. The van der Waals surface area contributed by atoms with Gasteiger partial charge in [0.2, 0.25) is 5.91 Å². The fraction of sp³-hybridized carbons (Fsp3) is 0.875. The summed E-state index contributed by atoms with van der Waals surface area (Å²) in [6.07, 6.45) is 3.46. The van der Waals surface area contributed by atoms with Gasteiger partial charge in [0.1, 0.15) is 0 Å². The van der Waals surface area contributed by atoms with Gasteiger partial charge in [-0.05, 0) is 33.6 Å². The van der Waals surface area contributed by atoms with E-state index in [9.17, 15) is 9.59 Å². The number of nitrogens with zero attached hydrogens (tertiary/aromatic N) is 2. The van der Waals surface area contributed by atoms with Crippen molar-refractivity contribution in [2.75, 3.05) is 19.6 Å². The summed E-state index contributed by atoms with van der Waals surface area (Å²) in [6, 6.07) is -0.0935. The van der Waals surface area contributed by atoms with Crippen molar-refractivity contribution >= 4 is 11.9 Å². The van der Waals surface area contributed by atoms with Gasteiger partial charge < -0.3 is 15.1 Å². The maximum atomic E-state index is 12.3. The first-order valence-corrected chi connectivity index (χ1v) is 8.15. The minimum Gasteiger partial charge on any atom is -0.336 e. The number of nitrogens with one attached hydrogen (secondary N) is 1. The lowest BCUT2D eigenvalue weighted by molar-refractivity contribution is -0.131. The summed E-state index contributed by atoms with van der Waals surface area (Å²) in [5.74, 6) is 0.128. The SMILES string of the molecule is CCCCN(CCC)C(=O)NC1CC(=O)N(C(C)(C)C)C1. The molecule has 1 atom stereocenters. The van der Waals surface area contributed by atoms with Crippen molar-refractivity contribution in [3.8, 4) is 0 Å². The smallest absolute Gasteiger partial charge is 0.317 e. The fourth-order valence-corrected chi connectivity index (χ4v) is 2.65. The second-order valence-electron chi connectivity index (χ2n) is 6.87. The zero-order valence-electron chi connectivity index (χ0n) is 14.2. The quantitative estimate of drug-likeness (QED) is 0.819. The standard InChI is InChI=1S/C16H31N3O2/c1-6-8-10-18(9-7-2)15(21)17-13-11-14(20)19(12-13)16(3,4)5/h13H,6-12H2,1-5H3,(H,17,21). The third-order valence-corrected chi connectivity index (χ3v) is 3.82. The molecular weight excluding hydrogens is 266 g/mol. The fourth-order valence-electron chi connectivity index (χ4n) is 2.65. The molecule has 1 heterocycles. The van der Waals surface area contributed by atoms with Crippen LogP contribution in [-0.2, 0) is 4.79 Å². The first kappa shape index (κ1) is 17.8. The zero-order valence-corrected chi connectivity index (χ0v) is 14.2. The van der Waals surface area contributed by atoms with Crippen molar-refractivity contribution in [2.24, 2.45) is 0 Å². The maximum Gasteiger partial charge on any atom is 0.317 e. The van der Waals surface area contributed by atoms with Crippen LogP contribution in [0.15, 0.2) is 0 Å². The Morgan fingerprint density at radius 2 is 1.95 bits per heavy atom. The monoisotopic (exact) mass is 297 g/mol. The molecule has 0 aromatic heterocycles. The minimum atomic E-state index is -0.179. The summed E-state index contributed by atoms with van der Waals surface area (Å²) in [7, 11) is 0. The van der Waals surface area contributed by atoms with E-state index in [-0.39, 0.29) is 23.5 Å². The van der Waals surface area contributed by atoms with E-state index in [0.717, 1.165) is 32.4 Å². The average Bonchev–Trinajstić information content (AvgIpc) is 2.75. The van der Waals surface area contributed by atoms with Crippen LogP contribution >= 0.6 is 0 Å². The van der Waals surface area contributed by atoms with Crippen LogP contribution in [0.1, 0.15) is 60.3 Å². The van der Waals surface area contributed by atoms with Crippen molar-refractivity contribution in [1.29, 1.82) is 0 Å². The number of hydrogen-bond acceptors (Lipinski definition) is 2. The number of carbonyl (C=O) groups excluding carboxylic acids is 2. The second-order valence-corrected chi connectivity index (χ2v) is 6.87. The highest BCUT2D eigenvalue weighted by Gasteiger charge is 2.37. The van der Waals surface area contributed by atoms with Crippen LogP contribution in [0.4, 0.5) is 4.79 Å². The molecule has 0 radical (unpaired) electrons. The molecule has 1 fully saturated rings. The third kappa shape index (κ3) is 5.21. The van der Waals surface area contributed by atoms with Crippen molar-refractivity contribution < 1.29 is 9.59 Å². The summed E-state index contributed by atoms with van der Waals surface area (Å²) in [4.78, 5) is 28.1. The molecule has 5 nitrogen and oxygen atoms in total. The van der Waals surface area contributed by atoms with E-state index < -0.39 is 0 Å². The first-order valence-electron chi connectivity index (χ1n) is 8.15. The topological polar surface area (TPSA) is 52.7 Å². The van der Waals surface area contributed by atoms with Gasteiger partial charge in [0.05, 0.1) is 6.04 Å². The summed E-state index contributed by atoms with van der Waals surface area (Å²) in [5.41, 5.74) is -0.179. The number of amides is 3. The van der Waals surface area contributed by atoms with Crippen molar-refractivity contribution in [3.63, 3.8) is 0 Å². The van der Waals surface area contributed by atoms with Gasteiger partial charge in [-0.25, -0.2) is 4.79 Å². The van der Waals surface area contributed by atoms with E-state index in [1.54, 1.807) is 0 Å². The van der Waals surface area contributed by atoms with Gasteiger partial charge in [0, 0.05) is 31.6 Å². The molecule has 0 saturated carbocycles. The Balaban J connectivity index is 2.56. The molecule has 1 rings (SSSR count). The van der Waals surface area contributed by atoms with Gasteiger partial charge in [-0.1, -0.05) is 20.3 Å². The zero-order chi connectivity index (χ0) is 16.0. The van der Waals surface area contributed by atoms with Crippen LogP contribution in [0.25, 0.3) is 0 Å². The Bertz CT molecular complexity index is 363. The average molecular weight is 297 g/mol. The first-order chi connectivity index (χ1) is 9.79. The molecule has 3 amide bonds. The largest absolute Gasteiger partial charge is 0.336 e. The van der Waals surface area contributed by atoms with Crippen molar-refractivity contribution in [2.45, 2.75) is 71.9 Å². The molecule has 1 aliphatic heterocycles. The van der Waals surface area contributed by atoms with Crippen LogP contribution in [0, 0.1) is 0 Å². The normalized spacial score (nSPS) is 19.0. The van der Waals surface area contributed by atoms with Crippen molar-refractivity contribution in [1.82, 2.24) is 15.1 Å². The molecule has 1 unspecified atom stereocenters. The third-order valence-electron chi connectivity index (χ3n) is 3.82. The summed E-state index contributed by atoms with van der Waals surface area (Å²) >= 11 is 0. The molecule has 5 heteroatoms. The van der Waals surface area contributed by atoms with Crippen LogP contribution in [0.5, 0.6) is 0 Å². The molecule has 0 aromatic rings. The van der Waals surface area contributed by atoms with Crippen LogP contribution < -0.4 is 5.32 Å². The molecule has 0 spiro atoms. The number of urea groups is 1. The van der Waals surface area contributed by atoms with E-state index >= 15 is 0 Å². The highest BCUT2D eigenvalue weighted by molar-refractivity contribution is 5.82. The highest BCUT2D eigenvalue weighted by Crippen LogP contribution is 2.22. The van der Waals surface area contributed by atoms with Gasteiger partial charge in [-0.15, -0.1) is 0 Å². The molecule has 0 aliphatic carbocycles. The summed E-state index contributed by atoms with van der Waals surface area (Å²) in [5, 5.41) is 3.03. The Hall–Kier alpha value is -1.26. The number of hydrogen-bond donors (Lipinski definition) is 1. The van der Waals surface area contributed by atoms with Crippen molar-refractivity contribution in [3.05, 3.63) is 0 Å². The Kier molecular flexibility index (Phi) is 6.49. The van der Waals surface area contributed by atoms with E-state index in [1.165, 1.54) is 0 Å². The van der Waals surface area contributed by atoms with Crippen LogP contribution in [-0.4, -0.2) is 53.0 Å². The predicted octanol–water partition coefficient (Wildman–Crippen LogP) is 2.61. The molecule has 122 valence electrons. The van der Waals surface area contributed by atoms with E-state index in [2.05, 4.69) is 19.2 Å². The molecule has 0 aromatic carbocycles. The van der Waals surface area contributed by atoms with E-state index in [0.29, 0.717) is 13.0 Å². The Labute approximate surface area is 129 Å². The number of unbranched alkanes of at least 4 members (excludes halogenated alkanes) is 1. The maximum absolute atomic E-state index is 12.3. The van der Waals surface area contributed by atoms with E-state index in [1.807, 2.05) is 30.6 Å². The lowest BCUT2D eigenvalue weighted by Gasteiger charge is -2.32. The molecular formula is C16H31N3O2. The van der Waals surface area contributed by atoms with E-state index in [4.69, 9.17) is 0 Å². The number of rotatable bonds is 6. The second kappa shape index (κ2) is 7.66. The van der Waals surface area contributed by atoms with Gasteiger partial charge >= 0.3 is 6.03 Å². The molecule has 0 bridgehead atoms. The lowest BCUT2D eigenvalue weighted by atomic mass is 10.1. The molecule has 1 N–H and O–H groups in total. The highest BCUT2D eigenvalue weighted by atomic mass is 16.2. The number of carbonyl (C=O) groups is 2. The Morgan fingerprint density at radius 3 is 2.43 bits per heavy atom. The molecule has 1 saturated heterocycles. The number of likely N-dealkylation sites (tertiary alicyclic amines) is 1.